The van der Waals surface area contributed by atoms with Gasteiger partial charge in [0, 0.05) is 7.05 Å². The van der Waals surface area contributed by atoms with Crippen LogP contribution in [0.4, 0.5) is 11.4 Å². The Labute approximate surface area is 106 Å². The molecule has 1 aromatic heterocycles. The first-order valence-corrected chi connectivity index (χ1v) is 5.67. The van der Waals surface area contributed by atoms with Gasteiger partial charge in [-0.3, -0.25) is 0 Å². The van der Waals surface area contributed by atoms with Crippen LogP contribution in [0.3, 0.4) is 0 Å². The molecule has 0 spiro atoms. The molecule has 92 valence electrons. The van der Waals surface area contributed by atoms with E-state index in [0.717, 1.165) is 17.2 Å². The second-order valence-corrected chi connectivity index (χ2v) is 4.22. The lowest BCUT2D eigenvalue weighted by molar-refractivity contribution is 0.482. The summed E-state index contributed by atoms with van der Waals surface area (Å²) in [4.78, 5) is 1.97. The molecule has 0 saturated heterocycles. The van der Waals surface area contributed by atoms with E-state index in [9.17, 15) is 0 Å². The third kappa shape index (κ3) is 2.30. The van der Waals surface area contributed by atoms with Gasteiger partial charge in [-0.15, -0.1) is 0 Å². The Morgan fingerprint density at radius 2 is 2.11 bits per heavy atom. The molecular formula is C14H15N3O. The van der Waals surface area contributed by atoms with Crippen LogP contribution < -0.4 is 10.6 Å². The third-order valence-corrected chi connectivity index (χ3v) is 2.80. The normalized spacial score (nSPS) is 10.1. The summed E-state index contributed by atoms with van der Waals surface area (Å²) in [6, 6.07) is 11.4. The Morgan fingerprint density at radius 3 is 2.72 bits per heavy atom. The quantitative estimate of drug-likeness (QED) is 0.839. The molecule has 2 rings (SSSR count). The fraction of sp³-hybridized carbons (Fsp3) is 0.214. The van der Waals surface area contributed by atoms with Crippen molar-refractivity contribution in [2.45, 2.75) is 13.5 Å². The van der Waals surface area contributed by atoms with E-state index in [0.29, 0.717) is 17.8 Å². The summed E-state index contributed by atoms with van der Waals surface area (Å²) in [6.45, 7) is 2.53. The largest absolute Gasteiger partial charge is 0.464 e. The number of para-hydroxylation sites is 1. The molecule has 0 radical (unpaired) electrons. The van der Waals surface area contributed by atoms with Gasteiger partial charge in [-0.1, -0.05) is 6.07 Å². The van der Waals surface area contributed by atoms with Crippen LogP contribution in [-0.4, -0.2) is 7.05 Å². The molecule has 0 atom stereocenters. The number of anilines is 2. The molecule has 4 heteroatoms. The Kier molecular flexibility index (Phi) is 3.24. The van der Waals surface area contributed by atoms with Crippen LogP contribution in [0, 0.1) is 18.3 Å². The predicted molar refractivity (Wildman–Crippen MR) is 71.1 cm³/mol. The second kappa shape index (κ2) is 4.84. The highest BCUT2D eigenvalue weighted by Crippen LogP contribution is 2.26. The van der Waals surface area contributed by atoms with Crippen LogP contribution in [0.1, 0.15) is 17.1 Å². The lowest BCUT2D eigenvalue weighted by atomic mass is 10.1. The Bertz CT molecular complexity index is 595. The van der Waals surface area contributed by atoms with E-state index in [4.69, 9.17) is 15.4 Å². The van der Waals surface area contributed by atoms with Crippen molar-refractivity contribution in [3.05, 3.63) is 47.4 Å². The minimum absolute atomic E-state index is 0.495. The van der Waals surface area contributed by atoms with Crippen LogP contribution in [0.5, 0.6) is 0 Å². The van der Waals surface area contributed by atoms with Crippen LogP contribution in [0.2, 0.25) is 0 Å². The number of benzene rings is 1. The highest BCUT2D eigenvalue weighted by Gasteiger charge is 2.10. The minimum atomic E-state index is 0.495. The SMILES string of the molecule is Cc1ccc(CN(C)c2cccc(C#N)c2N)o1. The Balaban J connectivity index is 2.24. The monoisotopic (exact) mass is 241 g/mol. The van der Waals surface area contributed by atoms with Gasteiger partial charge in [0.15, 0.2) is 0 Å². The Hall–Kier alpha value is -2.41. The van der Waals surface area contributed by atoms with Gasteiger partial charge in [0.25, 0.3) is 0 Å². The molecule has 1 aromatic carbocycles. The average molecular weight is 241 g/mol. The Morgan fingerprint density at radius 1 is 1.33 bits per heavy atom. The highest BCUT2D eigenvalue weighted by atomic mass is 16.3. The summed E-state index contributed by atoms with van der Waals surface area (Å²) in [5, 5.41) is 8.95. The van der Waals surface area contributed by atoms with Gasteiger partial charge in [0.1, 0.15) is 17.6 Å². The lowest BCUT2D eigenvalue weighted by Gasteiger charge is -2.20. The van der Waals surface area contributed by atoms with Crippen molar-refractivity contribution < 1.29 is 4.42 Å². The van der Waals surface area contributed by atoms with E-state index in [-0.39, 0.29) is 0 Å². The van der Waals surface area contributed by atoms with Crippen molar-refractivity contribution in [2.24, 2.45) is 0 Å². The van der Waals surface area contributed by atoms with E-state index < -0.39 is 0 Å². The number of nitrogen functional groups attached to an aromatic ring is 1. The zero-order chi connectivity index (χ0) is 13.1. The summed E-state index contributed by atoms with van der Waals surface area (Å²) in [6.07, 6.45) is 0. The molecular weight excluding hydrogens is 226 g/mol. The third-order valence-electron chi connectivity index (χ3n) is 2.80. The molecule has 18 heavy (non-hydrogen) atoms. The molecule has 4 nitrogen and oxygen atoms in total. The number of nitrogens with two attached hydrogens (primary N) is 1. The number of aryl methyl sites for hydroxylation is 1. The van der Waals surface area contributed by atoms with Crippen molar-refractivity contribution in [1.82, 2.24) is 0 Å². The standard InChI is InChI=1S/C14H15N3O/c1-10-6-7-12(18-10)9-17(2)13-5-3-4-11(8-15)14(13)16/h3-7H,9,16H2,1-2H3. The molecule has 2 N–H and O–H groups in total. The fourth-order valence-electron chi connectivity index (χ4n) is 1.87. The van der Waals surface area contributed by atoms with E-state index in [1.807, 2.05) is 43.1 Å². The lowest BCUT2D eigenvalue weighted by Crippen LogP contribution is -2.17. The molecule has 0 bridgehead atoms. The maximum Gasteiger partial charge on any atom is 0.123 e. The van der Waals surface area contributed by atoms with Crippen LogP contribution >= 0.6 is 0 Å². The molecule has 0 aliphatic rings. The minimum Gasteiger partial charge on any atom is -0.464 e. The number of nitriles is 1. The van der Waals surface area contributed by atoms with Crippen molar-refractivity contribution in [1.29, 1.82) is 5.26 Å². The maximum absolute atomic E-state index is 8.95. The zero-order valence-corrected chi connectivity index (χ0v) is 10.5. The van der Waals surface area contributed by atoms with Crippen molar-refractivity contribution in [2.75, 3.05) is 17.7 Å². The molecule has 0 fully saturated rings. The first-order chi connectivity index (χ1) is 8.61. The topological polar surface area (TPSA) is 66.2 Å². The smallest absolute Gasteiger partial charge is 0.123 e. The summed E-state index contributed by atoms with van der Waals surface area (Å²) < 4.78 is 5.52. The van der Waals surface area contributed by atoms with Gasteiger partial charge < -0.3 is 15.1 Å². The molecule has 2 aromatic rings. The molecule has 0 aliphatic heterocycles. The maximum atomic E-state index is 8.95. The predicted octanol–water partition coefficient (Wildman–Crippen LogP) is 2.68. The van der Waals surface area contributed by atoms with Crippen LogP contribution in [0.25, 0.3) is 0 Å². The van der Waals surface area contributed by atoms with Gasteiger partial charge in [-0.25, -0.2) is 0 Å². The number of furan rings is 1. The second-order valence-electron chi connectivity index (χ2n) is 4.22. The summed E-state index contributed by atoms with van der Waals surface area (Å²) in [7, 11) is 1.92. The highest BCUT2D eigenvalue weighted by molar-refractivity contribution is 5.73. The van der Waals surface area contributed by atoms with Crippen molar-refractivity contribution >= 4 is 11.4 Å². The van der Waals surface area contributed by atoms with Gasteiger partial charge in [0.2, 0.25) is 0 Å². The molecule has 0 amide bonds. The van der Waals surface area contributed by atoms with Gasteiger partial charge in [0.05, 0.1) is 23.5 Å². The average Bonchev–Trinajstić information content (AvgIpc) is 2.75. The van der Waals surface area contributed by atoms with Gasteiger partial charge in [-0.2, -0.15) is 5.26 Å². The fourth-order valence-corrected chi connectivity index (χ4v) is 1.87. The molecule has 0 saturated carbocycles. The molecule has 0 aliphatic carbocycles. The summed E-state index contributed by atoms with van der Waals surface area (Å²) in [5.74, 6) is 1.76. The van der Waals surface area contributed by atoms with E-state index in [2.05, 4.69) is 6.07 Å². The van der Waals surface area contributed by atoms with Crippen molar-refractivity contribution in [3.63, 3.8) is 0 Å². The van der Waals surface area contributed by atoms with Gasteiger partial charge >= 0.3 is 0 Å². The summed E-state index contributed by atoms with van der Waals surface area (Å²) in [5.41, 5.74) is 7.80. The number of hydrogen-bond acceptors (Lipinski definition) is 4. The summed E-state index contributed by atoms with van der Waals surface area (Å²) >= 11 is 0. The van der Waals surface area contributed by atoms with Gasteiger partial charge in [-0.05, 0) is 31.2 Å². The first-order valence-electron chi connectivity index (χ1n) is 5.67. The van der Waals surface area contributed by atoms with Crippen LogP contribution in [-0.2, 0) is 6.54 Å². The van der Waals surface area contributed by atoms with Crippen molar-refractivity contribution in [3.8, 4) is 6.07 Å². The number of hydrogen-bond donors (Lipinski definition) is 1. The number of rotatable bonds is 3. The van der Waals surface area contributed by atoms with E-state index in [1.54, 1.807) is 6.07 Å². The van der Waals surface area contributed by atoms with E-state index in [1.165, 1.54) is 0 Å². The van der Waals surface area contributed by atoms with E-state index >= 15 is 0 Å². The first kappa shape index (κ1) is 12.1. The van der Waals surface area contributed by atoms with Crippen LogP contribution in [0.15, 0.2) is 34.7 Å². The molecule has 0 unspecified atom stereocenters. The zero-order valence-electron chi connectivity index (χ0n) is 10.5. The molecule has 1 heterocycles. The number of nitrogens with zero attached hydrogens (tertiary/aromatic N) is 2.